The monoisotopic (exact) mass is 398 g/mol. The number of rotatable bonds is 9. The summed E-state index contributed by atoms with van der Waals surface area (Å²) in [5.74, 6) is -0.604. The molecule has 1 unspecified atom stereocenters. The van der Waals surface area contributed by atoms with Gasteiger partial charge in [-0.1, -0.05) is 36.8 Å². The number of aliphatic carboxylic acids is 1. The summed E-state index contributed by atoms with van der Waals surface area (Å²) in [5.41, 5.74) is 2.70. The van der Waals surface area contributed by atoms with Gasteiger partial charge in [-0.25, -0.2) is 4.79 Å². The third kappa shape index (κ3) is 6.32. The standard InChI is InChI=1S/C23H30N2O4/c1-6-19(21(26)25-20-12-7-15(2)13-16(20)3)24-14-17-8-10-18(11-9-17)29-23(4,5)22(27)28/h7-13,19,24H,6,14H2,1-5H3,(H,25,26)(H,27,28). The quantitative estimate of drug-likeness (QED) is 0.593. The van der Waals surface area contributed by atoms with Crippen molar-refractivity contribution in [3.05, 3.63) is 59.2 Å². The van der Waals surface area contributed by atoms with E-state index in [0.717, 1.165) is 22.4 Å². The van der Waals surface area contributed by atoms with E-state index in [-0.39, 0.29) is 11.9 Å². The Bertz CT molecular complexity index is 860. The van der Waals surface area contributed by atoms with Crippen LogP contribution in [-0.4, -0.2) is 28.6 Å². The highest BCUT2D eigenvalue weighted by Gasteiger charge is 2.29. The lowest BCUT2D eigenvalue weighted by atomic mass is 10.1. The van der Waals surface area contributed by atoms with Crippen LogP contribution < -0.4 is 15.4 Å². The Morgan fingerprint density at radius 1 is 1.10 bits per heavy atom. The SMILES string of the molecule is CCC(NCc1ccc(OC(C)(C)C(=O)O)cc1)C(=O)Nc1ccc(C)cc1C. The van der Waals surface area contributed by atoms with E-state index in [2.05, 4.69) is 10.6 Å². The molecule has 6 heteroatoms. The lowest BCUT2D eigenvalue weighted by molar-refractivity contribution is -0.152. The molecule has 29 heavy (non-hydrogen) atoms. The molecule has 6 nitrogen and oxygen atoms in total. The molecule has 3 N–H and O–H groups in total. The number of ether oxygens (including phenoxy) is 1. The van der Waals surface area contributed by atoms with Crippen molar-refractivity contribution in [2.75, 3.05) is 5.32 Å². The Hall–Kier alpha value is -2.86. The number of hydrogen-bond acceptors (Lipinski definition) is 4. The summed E-state index contributed by atoms with van der Waals surface area (Å²) >= 11 is 0. The Balaban J connectivity index is 1.94. The van der Waals surface area contributed by atoms with E-state index in [1.165, 1.54) is 13.8 Å². The van der Waals surface area contributed by atoms with Gasteiger partial charge in [-0.05, 0) is 63.4 Å². The maximum atomic E-state index is 12.6. The molecule has 0 aliphatic rings. The van der Waals surface area contributed by atoms with E-state index in [9.17, 15) is 9.59 Å². The molecule has 156 valence electrons. The molecule has 0 fully saturated rings. The summed E-state index contributed by atoms with van der Waals surface area (Å²) in [4.78, 5) is 23.8. The van der Waals surface area contributed by atoms with Crippen LogP contribution in [0.15, 0.2) is 42.5 Å². The predicted molar refractivity (Wildman–Crippen MR) is 114 cm³/mol. The molecule has 0 aliphatic heterocycles. The fourth-order valence-electron chi connectivity index (χ4n) is 2.85. The molecule has 0 bridgehead atoms. The van der Waals surface area contributed by atoms with Gasteiger partial charge in [-0.15, -0.1) is 0 Å². The van der Waals surface area contributed by atoms with Gasteiger partial charge in [0.2, 0.25) is 5.91 Å². The number of hydrogen-bond donors (Lipinski definition) is 3. The molecule has 0 saturated carbocycles. The Kier molecular flexibility index (Phi) is 7.40. The van der Waals surface area contributed by atoms with Crippen molar-refractivity contribution in [3.8, 4) is 5.75 Å². The first kappa shape index (κ1) is 22.4. The second-order valence-electron chi connectivity index (χ2n) is 7.71. The predicted octanol–water partition coefficient (Wildman–Crippen LogP) is 4.05. The van der Waals surface area contributed by atoms with Crippen LogP contribution in [0.2, 0.25) is 0 Å². The number of nitrogens with one attached hydrogen (secondary N) is 2. The van der Waals surface area contributed by atoms with E-state index < -0.39 is 11.6 Å². The van der Waals surface area contributed by atoms with Crippen molar-refractivity contribution >= 4 is 17.6 Å². The highest BCUT2D eigenvalue weighted by atomic mass is 16.5. The van der Waals surface area contributed by atoms with Crippen molar-refractivity contribution in [1.82, 2.24) is 5.32 Å². The van der Waals surface area contributed by atoms with Crippen LogP contribution >= 0.6 is 0 Å². The van der Waals surface area contributed by atoms with Crippen molar-refractivity contribution in [1.29, 1.82) is 0 Å². The second-order valence-corrected chi connectivity index (χ2v) is 7.71. The van der Waals surface area contributed by atoms with Crippen molar-refractivity contribution in [2.24, 2.45) is 0 Å². The number of carboxylic acid groups (broad SMARTS) is 1. The third-order valence-corrected chi connectivity index (χ3v) is 4.73. The van der Waals surface area contributed by atoms with E-state index in [1.807, 2.05) is 51.1 Å². The summed E-state index contributed by atoms with van der Waals surface area (Å²) in [6.45, 7) is 9.49. The molecule has 0 saturated heterocycles. The minimum atomic E-state index is -1.29. The third-order valence-electron chi connectivity index (χ3n) is 4.73. The van der Waals surface area contributed by atoms with Crippen molar-refractivity contribution in [3.63, 3.8) is 0 Å². The molecule has 0 heterocycles. The van der Waals surface area contributed by atoms with E-state index in [0.29, 0.717) is 18.7 Å². The Labute approximate surface area is 172 Å². The summed E-state index contributed by atoms with van der Waals surface area (Å²) < 4.78 is 5.51. The number of aryl methyl sites for hydroxylation is 2. The molecule has 0 radical (unpaired) electrons. The average molecular weight is 399 g/mol. The molecule has 2 rings (SSSR count). The topological polar surface area (TPSA) is 87.7 Å². The van der Waals surface area contributed by atoms with Crippen molar-refractivity contribution < 1.29 is 19.4 Å². The number of amides is 1. The van der Waals surface area contributed by atoms with E-state index in [1.54, 1.807) is 12.1 Å². The zero-order chi connectivity index (χ0) is 21.6. The fourth-order valence-corrected chi connectivity index (χ4v) is 2.85. The van der Waals surface area contributed by atoms with Gasteiger partial charge in [-0.2, -0.15) is 0 Å². The fraction of sp³-hybridized carbons (Fsp3) is 0.391. The van der Waals surface area contributed by atoms with Crippen molar-refractivity contribution in [2.45, 2.75) is 59.2 Å². The summed E-state index contributed by atoms with van der Waals surface area (Å²) in [7, 11) is 0. The van der Waals surface area contributed by atoms with Gasteiger partial charge >= 0.3 is 5.97 Å². The van der Waals surface area contributed by atoms with Crippen LogP contribution in [0.5, 0.6) is 5.75 Å². The number of carboxylic acids is 1. The molecule has 2 aromatic carbocycles. The first-order chi connectivity index (χ1) is 13.6. The zero-order valence-corrected chi connectivity index (χ0v) is 17.7. The van der Waals surface area contributed by atoms with Crippen LogP contribution in [-0.2, 0) is 16.1 Å². The van der Waals surface area contributed by atoms with Gasteiger partial charge in [0, 0.05) is 12.2 Å². The molecular weight excluding hydrogens is 368 g/mol. The van der Waals surface area contributed by atoms with Gasteiger partial charge in [-0.3, -0.25) is 4.79 Å². The minimum Gasteiger partial charge on any atom is -0.478 e. The average Bonchev–Trinajstić information content (AvgIpc) is 2.65. The summed E-state index contributed by atoms with van der Waals surface area (Å²) in [5, 5.41) is 15.4. The van der Waals surface area contributed by atoms with E-state index in [4.69, 9.17) is 9.84 Å². The van der Waals surface area contributed by atoms with Crippen LogP contribution in [0.25, 0.3) is 0 Å². The van der Waals surface area contributed by atoms with Gasteiger partial charge in [0.1, 0.15) is 5.75 Å². The number of anilines is 1. The summed E-state index contributed by atoms with van der Waals surface area (Å²) in [6.07, 6.45) is 0.657. The van der Waals surface area contributed by atoms with Gasteiger partial charge in [0.05, 0.1) is 6.04 Å². The Morgan fingerprint density at radius 2 is 1.76 bits per heavy atom. The summed E-state index contributed by atoms with van der Waals surface area (Å²) in [6, 6.07) is 12.8. The Morgan fingerprint density at radius 3 is 2.31 bits per heavy atom. The largest absolute Gasteiger partial charge is 0.478 e. The maximum absolute atomic E-state index is 12.6. The van der Waals surface area contributed by atoms with Crippen LogP contribution in [0.1, 0.15) is 43.9 Å². The minimum absolute atomic E-state index is 0.0670. The van der Waals surface area contributed by atoms with Crippen LogP contribution in [0, 0.1) is 13.8 Å². The van der Waals surface area contributed by atoms with E-state index >= 15 is 0 Å². The maximum Gasteiger partial charge on any atom is 0.347 e. The molecular formula is C23H30N2O4. The molecule has 0 aliphatic carbocycles. The molecule has 0 spiro atoms. The number of carbonyl (C=O) groups excluding carboxylic acids is 1. The van der Waals surface area contributed by atoms with Gasteiger partial charge < -0.3 is 20.5 Å². The molecule has 0 aromatic heterocycles. The second kappa shape index (κ2) is 9.56. The smallest absolute Gasteiger partial charge is 0.347 e. The number of carbonyl (C=O) groups is 2. The van der Waals surface area contributed by atoms with Crippen LogP contribution in [0.4, 0.5) is 5.69 Å². The normalized spacial score (nSPS) is 12.3. The first-order valence-corrected chi connectivity index (χ1v) is 9.75. The van der Waals surface area contributed by atoms with Gasteiger partial charge in [0.15, 0.2) is 5.60 Å². The lowest BCUT2D eigenvalue weighted by Crippen LogP contribution is -2.39. The highest BCUT2D eigenvalue weighted by Crippen LogP contribution is 2.20. The lowest BCUT2D eigenvalue weighted by Gasteiger charge is -2.21. The molecule has 1 amide bonds. The molecule has 1 atom stereocenters. The van der Waals surface area contributed by atoms with Crippen LogP contribution in [0.3, 0.4) is 0 Å². The zero-order valence-electron chi connectivity index (χ0n) is 17.7. The molecule has 2 aromatic rings. The number of benzene rings is 2. The van der Waals surface area contributed by atoms with Gasteiger partial charge in [0.25, 0.3) is 0 Å². The first-order valence-electron chi connectivity index (χ1n) is 9.75. The highest BCUT2D eigenvalue weighted by molar-refractivity contribution is 5.95.